The number of fused-ring (bicyclic) bond motifs is 13. The lowest BCUT2D eigenvalue weighted by atomic mass is 9.86. The number of rotatable bonds is 16. The molecule has 0 spiro atoms. The first-order chi connectivity index (χ1) is 67.8. The first-order valence-electron chi connectivity index (χ1n) is 47.9. The molecule has 22 aromatic carbocycles. The van der Waals surface area contributed by atoms with Crippen LogP contribution in [0.2, 0.25) is 0 Å². The van der Waals surface area contributed by atoms with E-state index < -0.39 is 0 Å². The van der Waals surface area contributed by atoms with Gasteiger partial charge in [0, 0.05) is 101 Å². The monoisotopic (exact) mass is 1770 g/mol. The van der Waals surface area contributed by atoms with Gasteiger partial charge in [0.15, 0.2) is 0 Å². The van der Waals surface area contributed by atoms with Crippen molar-refractivity contribution in [3.8, 4) is 61.6 Å². The molecule has 3 heterocycles. The van der Waals surface area contributed by atoms with Crippen LogP contribution in [0.15, 0.2) is 497 Å². The fourth-order valence-electron chi connectivity index (χ4n) is 21.4. The average Bonchev–Trinajstić information content (AvgIpc) is 1.61. The maximum Gasteiger partial charge on any atom is 0.0542 e. The van der Waals surface area contributed by atoms with Gasteiger partial charge in [-0.1, -0.05) is 345 Å². The van der Waals surface area contributed by atoms with Crippen LogP contribution in [0.25, 0.3) is 170 Å². The smallest absolute Gasteiger partial charge is 0.0542 e. The van der Waals surface area contributed by atoms with Crippen LogP contribution in [0.1, 0.15) is 52.7 Å². The number of aromatic nitrogens is 3. The number of anilines is 9. The highest BCUT2D eigenvalue weighted by Crippen LogP contribution is 2.51. The molecule has 0 aliphatic heterocycles. The molecule has 0 saturated heterocycles. The molecule has 0 fully saturated rings. The van der Waals surface area contributed by atoms with Gasteiger partial charge in [-0.15, -0.1) is 0 Å². The standard InChI is InChI=1S/C78H58N4.C54H42N2/c1-78(2,3)55-40-47-73-69(50-55)71-52-63(80(58-26-12-6-13-27-58)59-28-14-7-15-29-59)46-49-75(71)82(73)61-43-38-54(39-44-61)77-67-33-18-16-31-65(67)76(66-32-17-19-34-68(66)77)53-36-41-60(42-37-53)81-72-35-21-20-30-64(72)70-51-62(45-48-74(70)81)79(56-22-8-4-9-23-56)57-24-10-5-11-25-57;1-54(2,3)39-29-33-50-48(35-39)49-36-43(55(40-19-9-5-10-20-40)41-21-11-6-12-22-41)32-34-51(49)56(50)42-30-27-38(28-31-42)53-46-25-15-13-23-44(46)52(37-17-7-4-8-18-37)45-24-14-16-26-47(45)53/h4-52H,1-3H3;4-36H,1-3H3. The van der Waals surface area contributed by atoms with Crippen molar-refractivity contribution in [3.63, 3.8) is 0 Å². The second kappa shape index (κ2) is 34.6. The Balaban J connectivity index is 0.000000161. The van der Waals surface area contributed by atoms with Gasteiger partial charge in [-0.25, -0.2) is 0 Å². The molecule has 0 aliphatic rings. The molecule has 6 heteroatoms. The zero-order valence-corrected chi connectivity index (χ0v) is 78.0. The van der Waals surface area contributed by atoms with E-state index in [1.165, 1.54) is 164 Å². The van der Waals surface area contributed by atoms with Crippen LogP contribution in [-0.2, 0) is 10.8 Å². The Bertz CT molecular complexity index is 8670. The van der Waals surface area contributed by atoms with E-state index in [4.69, 9.17) is 0 Å². The molecule has 6 nitrogen and oxygen atoms in total. The summed E-state index contributed by atoms with van der Waals surface area (Å²) in [6, 6.07) is 182. The van der Waals surface area contributed by atoms with Gasteiger partial charge in [-0.2, -0.15) is 0 Å². The Morgan fingerprint density at radius 2 is 0.333 bits per heavy atom. The highest BCUT2D eigenvalue weighted by Gasteiger charge is 2.28. The number of nitrogens with zero attached hydrogens (tertiary/aromatic N) is 6. The van der Waals surface area contributed by atoms with Gasteiger partial charge in [0.1, 0.15) is 0 Å². The Labute approximate surface area is 805 Å². The summed E-state index contributed by atoms with van der Waals surface area (Å²) < 4.78 is 7.31. The first-order valence-corrected chi connectivity index (χ1v) is 47.9. The van der Waals surface area contributed by atoms with E-state index >= 15 is 0 Å². The minimum Gasteiger partial charge on any atom is -0.310 e. The van der Waals surface area contributed by atoms with E-state index in [1.807, 2.05) is 0 Å². The molecule has 0 amide bonds. The van der Waals surface area contributed by atoms with E-state index in [0.717, 1.165) is 68.2 Å². The van der Waals surface area contributed by atoms with Crippen LogP contribution >= 0.6 is 0 Å². The number of benzene rings is 22. The molecule has 0 saturated carbocycles. The Hall–Kier alpha value is -17.3. The highest BCUT2D eigenvalue weighted by atomic mass is 15.2. The van der Waals surface area contributed by atoms with Crippen molar-refractivity contribution in [3.05, 3.63) is 509 Å². The summed E-state index contributed by atoms with van der Waals surface area (Å²) in [6.45, 7) is 13.8. The van der Waals surface area contributed by atoms with Crippen molar-refractivity contribution in [2.45, 2.75) is 52.4 Å². The summed E-state index contributed by atoms with van der Waals surface area (Å²) in [6.07, 6.45) is 0. The normalized spacial score (nSPS) is 11.8. The van der Waals surface area contributed by atoms with Crippen LogP contribution in [0.5, 0.6) is 0 Å². The first kappa shape index (κ1) is 83.7. The van der Waals surface area contributed by atoms with E-state index in [0.29, 0.717) is 0 Å². The van der Waals surface area contributed by atoms with Gasteiger partial charge < -0.3 is 28.4 Å². The maximum absolute atomic E-state index is 2.45. The lowest BCUT2D eigenvalue weighted by Gasteiger charge is -2.25. The molecule has 0 atom stereocenters. The predicted molar refractivity (Wildman–Crippen MR) is 589 cm³/mol. The highest BCUT2D eigenvalue weighted by molar-refractivity contribution is 6.24. The van der Waals surface area contributed by atoms with Crippen molar-refractivity contribution in [2.75, 3.05) is 14.7 Å². The van der Waals surface area contributed by atoms with Gasteiger partial charge in [0.25, 0.3) is 0 Å². The summed E-state index contributed by atoms with van der Waals surface area (Å²) >= 11 is 0. The summed E-state index contributed by atoms with van der Waals surface area (Å²) in [5.74, 6) is 0. The van der Waals surface area contributed by atoms with Crippen molar-refractivity contribution < 1.29 is 0 Å². The molecule has 0 radical (unpaired) electrons. The van der Waals surface area contributed by atoms with E-state index in [1.54, 1.807) is 0 Å². The molecule has 0 unspecified atom stereocenters. The fourth-order valence-corrected chi connectivity index (χ4v) is 21.4. The number of para-hydroxylation sites is 7. The quantitative estimate of drug-likeness (QED) is 0.0901. The summed E-state index contributed by atoms with van der Waals surface area (Å²) in [4.78, 5) is 7.05. The van der Waals surface area contributed by atoms with Gasteiger partial charge in [-0.3, -0.25) is 0 Å². The molecular weight excluding hydrogens is 1670 g/mol. The molecule has 25 rings (SSSR count). The number of hydrogen-bond acceptors (Lipinski definition) is 3. The number of hydrogen-bond donors (Lipinski definition) is 0. The minimum absolute atomic E-state index is 0.0125. The van der Waals surface area contributed by atoms with E-state index in [9.17, 15) is 0 Å². The summed E-state index contributed by atoms with van der Waals surface area (Å²) in [5, 5.41) is 17.4. The van der Waals surface area contributed by atoms with Crippen LogP contribution in [0.4, 0.5) is 51.2 Å². The third-order valence-corrected chi connectivity index (χ3v) is 27.9. The Morgan fingerprint density at radius 3 is 0.580 bits per heavy atom. The van der Waals surface area contributed by atoms with Crippen molar-refractivity contribution in [2.24, 2.45) is 0 Å². The molecular formula is C132H100N6. The zero-order valence-electron chi connectivity index (χ0n) is 78.0. The van der Waals surface area contributed by atoms with Crippen LogP contribution in [-0.4, -0.2) is 13.7 Å². The van der Waals surface area contributed by atoms with E-state index in [2.05, 4.69) is 567 Å². The Kier molecular flexibility index (Phi) is 21.0. The lowest BCUT2D eigenvalue weighted by molar-refractivity contribution is 0.591. The molecule has 0 bridgehead atoms. The summed E-state index contributed by atoms with van der Waals surface area (Å²) in [7, 11) is 0. The largest absolute Gasteiger partial charge is 0.310 e. The van der Waals surface area contributed by atoms with Crippen molar-refractivity contribution in [1.29, 1.82) is 0 Å². The van der Waals surface area contributed by atoms with Crippen LogP contribution < -0.4 is 14.7 Å². The Morgan fingerprint density at radius 1 is 0.145 bits per heavy atom. The lowest BCUT2D eigenvalue weighted by Crippen LogP contribution is -2.10. The molecule has 0 aliphatic carbocycles. The SMILES string of the molecule is CC(C)(C)c1ccc2c(c1)c1cc(N(c3ccccc3)c3ccccc3)ccc1n2-c1ccc(-c2c3ccccc3c(-c3ccc(-n4c5ccccc5c5cc(N(c6ccccc6)c6ccccc6)ccc54)cc3)c3ccccc23)cc1.CC(C)(C)c1ccc2c(c1)c1cc(N(c3ccccc3)c3ccccc3)ccc1n2-c1ccc(-c2c3ccccc3c(-c3ccccc3)c3ccccc23)cc1. The third-order valence-electron chi connectivity index (χ3n) is 27.9. The molecule has 0 N–H and O–H groups in total. The van der Waals surface area contributed by atoms with Gasteiger partial charge >= 0.3 is 0 Å². The fraction of sp³-hybridized carbons (Fsp3) is 0.0606. The molecule has 25 aromatic rings. The van der Waals surface area contributed by atoms with Crippen molar-refractivity contribution in [1.82, 2.24) is 13.7 Å². The molecule has 3 aromatic heterocycles. The second-order valence-electron chi connectivity index (χ2n) is 38.3. The predicted octanol–water partition coefficient (Wildman–Crippen LogP) is 36.9. The van der Waals surface area contributed by atoms with Crippen LogP contribution in [0, 0.1) is 0 Å². The third kappa shape index (κ3) is 14.9. The van der Waals surface area contributed by atoms with Crippen molar-refractivity contribution >= 4 is 160 Å². The second-order valence-corrected chi connectivity index (χ2v) is 38.3. The van der Waals surface area contributed by atoms with Gasteiger partial charge in [0.2, 0.25) is 0 Å². The maximum atomic E-state index is 2.45. The van der Waals surface area contributed by atoms with E-state index in [-0.39, 0.29) is 10.8 Å². The van der Waals surface area contributed by atoms with Gasteiger partial charge in [0.05, 0.1) is 33.1 Å². The molecule has 138 heavy (non-hydrogen) atoms. The topological polar surface area (TPSA) is 24.5 Å². The minimum atomic E-state index is -0.0125. The molecule has 658 valence electrons. The summed E-state index contributed by atoms with van der Waals surface area (Å²) in [5.41, 5.74) is 33.1. The average molecular weight is 1770 g/mol. The van der Waals surface area contributed by atoms with Gasteiger partial charge in [-0.05, 0) is 304 Å². The van der Waals surface area contributed by atoms with Crippen LogP contribution in [0.3, 0.4) is 0 Å². The zero-order chi connectivity index (χ0) is 92.7.